The van der Waals surface area contributed by atoms with E-state index >= 15 is 0 Å². The number of hydrogen-bond acceptors (Lipinski definition) is 23. The molecule has 1 fully saturated rings. The summed E-state index contributed by atoms with van der Waals surface area (Å²) in [5, 5.41) is 48.7. The van der Waals surface area contributed by atoms with E-state index in [0.717, 1.165) is 28.0 Å². The topological polar surface area (TPSA) is 505 Å². The van der Waals surface area contributed by atoms with Crippen LogP contribution in [0.1, 0.15) is 39.3 Å². The number of phosphoric acid groups is 3. The number of phosphoric ester groups is 3. The monoisotopic (exact) mass is 1070 g/mol. The summed E-state index contributed by atoms with van der Waals surface area (Å²) in [6, 6.07) is -2.49. The molecule has 3 rings (SSSR count). The van der Waals surface area contributed by atoms with Crippen LogP contribution >= 0.6 is 45.1 Å². The van der Waals surface area contributed by atoms with Gasteiger partial charge in [0, 0.05) is 42.9 Å². The molecule has 2 unspecified atom stereocenters. The number of anilines is 1. The number of ether oxygens (including phenoxy) is 1. The Morgan fingerprint density at radius 1 is 0.926 bits per heavy atom. The van der Waals surface area contributed by atoms with Crippen LogP contribution in [0.3, 0.4) is 0 Å². The summed E-state index contributed by atoms with van der Waals surface area (Å²) < 4.78 is 62.2. The summed E-state index contributed by atoms with van der Waals surface area (Å²) in [5.41, 5.74) is 9.53. The number of carbonyl (C=O) groups excluding carboxylic acids is 4. The zero-order valence-electron chi connectivity index (χ0n) is 35.7. The molecule has 0 spiro atoms. The second-order valence-corrected chi connectivity index (χ2v) is 21.8. The summed E-state index contributed by atoms with van der Waals surface area (Å²) in [7, 11) is -14.3. The molecular weight excluding hydrogens is 1020 g/mol. The van der Waals surface area contributed by atoms with E-state index in [-0.39, 0.29) is 60.8 Å². The number of amides is 4. The van der Waals surface area contributed by atoms with E-state index in [0.29, 0.717) is 0 Å². The Labute approximate surface area is 392 Å². The van der Waals surface area contributed by atoms with Crippen molar-refractivity contribution in [2.45, 2.75) is 75.8 Å². The summed E-state index contributed by atoms with van der Waals surface area (Å²) in [6.07, 6.45) is -7.80. The van der Waals surface area contributed by atoms with E-state index in [9.17, 15) is 72.2 Å². The van der Waals surface area contributed by atoms with E-state index in [2.05, 4.69) is 45.1 Å². The van der Waals surface area contributed by atoms with Crippen LogP contribution in [0.2, 0.25) is 0 Å². The lowest BCUT2D eigenvalue weighted by Gasteiger charge is -2.30. The van der Waals surface area contributed by atoms with Gasteiger partial charge in [0.1, 0.15) is 54.9 Å². The van der Waals surface area contributed by atoms with Crippen molar-refractivity contribution >= 4 is 97.6 Å². The maximum atomic E-state index is 12.7. The molecule has 0 aromatic carbocycles. The molecule has 0 saturated carbocycles. The number of rotatable bonds is 30. The first-order valence-corrected chi connectivity index (χ1v) is 26.4. The second-order valence-electron chi connectivity index (χ2n) is 14.9. The molecule has 32 nitrogen and oxygen atoms in total. The van der Waals surface area contributed by atoms with Crippen molar-refractivity contribution in [1.82, 2.24) is 40.8 Å². The summed E-state index contributed by atoms with van der Waals surface area (Å²) in [5.74, 6) is -5.55. The van der Waals surface area contributed by atoms with E-state index in [4.69, 9.17) is 35.5 Å². The van der Waals surface area contributed by atoms with E-state index in [1.165, 1.54) is 24.6 Å². The molecule has 1 aliphatic rings. The number of imidazole rings is 1. The van der Waals surface area contributed by atoms with Crippen LogP contribution in [-0.4, -0.2) is 176 Å². The highest BCUT2D eigenvalue weighted by molar-refractivity contribution is 8.76. The van der Waals surface area contributed by atoms with Gasteiger partial charge in [-0.25, -0.2) is 28.6 Å². The van der Waals surface area contributed by atoms with Gasteiger partial charge in [0.15, 0.2) is 17.7 Å². The van der Waals surface area contributed by atoms with Gasteiger partial charge >= 0.3 is 35.4 Å². The van der Waals surface area contributed by atoms with Crippen molar-refractivity contribution in [3.05, 3.63) is 12.7 Å². The first kappa shape index (κ1) is 58.4. The predicted molar refractivity (Wildman–Crippen MR) is 232 cm³/mol. The van der Waals surface area contributed by atoms with Crippen LogP contribution in [0.25, 0.3) is 11.2 Å². The summed E-state index contributed by atoms with van der Waals surface area (Å²) in [4.78, 5) is 122. The number of fused-ring (bicyclic) bond motifs is 1. The lowest BCUT2D eigenvalue weighted by molar-refractivity contribution is -0.139. The Morgan fingerprint density at radius 2 is 1.60 bits per heavy atom. The highest BCUT2D eigenvalue weighted by Crippen LogP contribution is 2.61. The van der Waals surface area contributed by atoms with E-state index < -0.39 is 127 Å². The van der Waals surface area contributed by atoms with Crippen LogP contribution in [0.5, 0.6) is 0 Å². The molecule has 0 aliphatic carbocycles. The van der Waals surface area contributed by atoms with Crippen LogP contribution in [-0.2, 0) is 65.1 Å². The molecule has 2 aromatic rings. The zero-order valence-corrected chi connectivity index (χ0v) is 40.0. The number of nitrogens with two attached hydrogens (primary N) is 2. The van der Waals surface area contributed by atoms with Crippen LogP contribution < -0.4 is 32.7 Å². The number of nitrogen functional groups attached to an aromatic ring is 1. The van der Waals surface area contributed by atoms with Crippen molar-refractivity contribution in [3.8, 4) is 0 Å². The summed E-state index contributed by atoms with van der Waals surface area (Å²) in [6.45, 7) is -0.617. The standard InChI is InChI=1S/C31H51N10O22P3S2/c1-31(2,24(47)28(49)35-6-5-18(42)34-7-8-67-68-11-16(27(48)36-9-20(44)45)40-19(43)4-3-15(32)30(50)51)12-60-66(57,58)63-65(55,56)59-10-17-23(62-64(52,53)54)22(46)29(61-17)41-14-39-21-25(33)37-13-38-26(21)41/h13-17,22-24,29,46-47H,3-12,32H2,1-2H3,(H,34,42)(H,35,49)(H,36,48)(H,40,43)(H,44,45)(H,50,51)(H,55,56)(H,57,58)(H2,33,37,38)(H2,52,53,54)/t15-,16-,17+,22+,23+,24-,29+/m0/s1. The van der Waals surface area contributed by atoms with Gasteiger partial charge in [0.25, 0.3) is 0 Å². The Balaban J connectivity index is 1.42. The summed E-state index contributed by atoms with van der Waals surface area (Å²) >= 11 is 0. The van der Waals surface area contributed by atoms with Crippen LogP contribution in [0, 0.1) is 5.41 Å². The Bertz CT molecular complexity index is 2260. The molecule has 9 atom stereocenters. The van der Waals surface area contributed by atoms with Crippen LogP contribution in [0.4, 0.5) is 5.82 Å². The van der Waals surface area contributed by atoms with Gasteiger partial charge < -0.3 is 77.5 Å². The fraction of sp³-hybridized carbons (Fsp3) is 0.645. The predicted octanol–water partition coefficient (Wildman–Crippen LogP) is -3.34. The number of nitrogens with zero attached hydrogens (tertiary/aromatic N) is 4. The number of hydrogen-bond donors (Lipinski definition) is 14. The van der Waals surface area contributed by atoms with E-state index in [1.807, 2.05) is 0 Å². The normalized spacial score (nSPS) is 20.6. The van der Waals surface area contributed by atoms with Crippen molar-refractivity contribution in [3.63, 3.8) is 0 Å². The number of aliphatic hydroxyl groups is 2. The first-order valence-electron chi connectivity index (χ1n) is 19.4. The van der Waals surface area contributed by atoms with Gasteiger partial charge in [-0.1, -0.05) is 35.4 Å². The molecule has 16 N–H and O–H groups in total. The second kappa shape index (κ2) is 25.8. The third kappa shape index (κ3) is 19.1. The lowest BCUT2D eigenvalue weighted by Crippen LogP contribution is -2.49. The molecule has 3 heterocycles. The number of carboxylic acid groups (broad SMARTS) is 2. The van der Waals surface area contributed by atoms with Gasteiger partial charge in [0.2, 0.25) is 23.6 Å². The Morgan fingerprint density at radius 3 is 2.25 bits per heavy atom. The van der Waals surface area contributed by atoms with Gasteiger partial charge in [0.05, 0.1) is 19.5 Å². The quantitative estimate of drug-likeness (QED) is 0.0207. The fourth-order valence-corrected chi connectivity index (χ4v) is 10.4. The number of nitrogens with one attached hydrogen (secondary N) is 4. The van der Waals surface area contributed by atoms with Gasteiger partial charge in [-0.15, -0.1) is 0 Å². The average molecular weight is 1070 g/mol. The molecular formula is C31H51N10O22P3S2. The van der Waals surface area contributed by atoms with Gasteiger partial charge in [-0.3, -0.25) is 46.9 Å². The van der Waals surface area contributed by atoms with Crippen molar-refractivity contribution in [1.29, 1.82) is 0 Å². The number of aliphatic carboxylic acids is 2. The van der Waals surface area contributed by atoms with Crippen molar-refractivity contribution in [2.75, 3.05) is 50.1 Å². The first-order chi connectivity index (χ1) is 31.5. The number of carbonyl (C=O) groups is 6. The highest BCUT2D eigenvalue weighted by atomic mass is 33.1. The Hall–Kier alpha value is -3.92. The highest BCUT2D eigenvalue weighted by Gasteiger charge is 2.50. The minimum absolute atomic E-state index is 0.00488. The largest absolute Gasteiger partial charge is 0.481 e. The minimum Gasteiger partial charge on any atom is -0.480 e. The third-order valence-electron chi connectivity index (χ3n) is 8.97. The number of carboxylic acids is 2. The molecule has 0 radical (unpaired) electrons. The van der Waals surface area contributed by atoms with Crippen molar-refractivity contribution in [2.24, 2.45) is 11.1 Å². The molecule has 2 aromatic heterocycles. The minimum atomic E-state index is -5.63. The molecule has 37 heteroatoms. The maximum absolute atomic E-state index is 12.7. The fourth-order valence-electron chi connectivity index (χ4n) is 5.49. The molecule has 1 aliphatic heterocycles. The lowest BCUT2D eigenvalue weighted by atomic mass is 9.87. The maximum Gasteiger partial charge on any atom is 0.481 e. The average Bonchev–Trinajstić information content (AvgIpc) is 3.80. The number of aliphatic hydroxyl groups excluding tert-OH is 2. The van der Waals surface area contributed by atoms with Gasteiger partial charge in [-0.05, 0) is 6.42 Å². The molecule has 1 saturated heterocycles. The SMILES string of the molecule is CC(C)(COP(=O)(O)OP(=O)(O)OC[C@H]1O[C@@H](n2cnc3c(N)ncnc32)[C@H](O)[C@@H]1OP(=O)(O)O)[C@@H](O)C(=O)NCCC(=O)NCCSSC[C@H](NC(=O)CC[C@H](N)C(=O)O)C(=O)NCC(=O)O. The smallest absolute Gasteiger partial charge is 0.480 e. The molecule has 68 heavy (non-hydrogen) atoms. The van der Waals surface area contributed by atoms with E-state index in [1.54, 1.807) is 0 Å². The molecule has 4 amide bonds. The van der Waals surface area contributed by atoms with Crippen molar-refractivity contribution < 1.29 is 105 Å². The molecule has 384 valence electrons. The van der Waals surface area contributed by atoms with Gasteiger partial charge in [-0.2, -0.15) is 4.31 Å². The third-order valence-corrected chi connectivity index (χ3v) is 14.5. The number of aromatic nitrogens is 4. The molecule has 0 bridgehead atoms. The Kier molecular flexibility index (Phi) is 22.2. The zero-order chi connectivity index (χ0) is 51.2. The van der Waals surface area contributed by atoms with Crippen LogP contribution in [0.15, 0.2) is 12.7 Å².